The van der Waals surface area contributed by atoms with Crippen LogP contribution in [0, 0.1) is 0 Å². The summed E-state index contributed by atoms with van der Waals surface area (Å²) in [6.45, 7) is 0. The van der Waals surface area contributed by atoms with Crippen LogP contribution in [0.2, 0.25) is 0 Å². The van der Waals surface area contributed by atoms with E-state index in [1.54, 1.807) is 0 Å². The minimum Gasteiger partial charge on any atom is -0.483 e. The van der Waals surface area contributed by atoms with Crippen molar-refractivity contribution in [3.05, 3.63) is 65.7 Å². The molecule has 1 heterocycles. The van der Waals surface area contributed by atoms with Gasteiger partial charge in [-0.3, -0.25) is 4.79 Å². The van der Waals surface area contributed by atoms with Crippen LogP contribution >= 0.6 is 0 Å². The largest absolute Gasteiger partial charge is 0.483 e. The highest BCUT2D eigenvalue weighted by Gasteiger charge is 2.39. The fourth-order valence-electron chi connectivity index (χ4n) is 3.87. The van der Waals surface area contributed by atoms with Crippen LogP contribution in [0.3, 0.4) is 0 Å². The molecule has 0 spiro atoms. The van der Waals surface area contributed by atoms with E-state index in [1.807, 2.05) is 54.6 Å². The molecule has 124 valence electrons. The van der Waals surface area contributed by atoms with Crippen molar-refractivity contribution in [3.8, 4) is 5.75 Å². The quantitative estimate of drug-likeness (QED) is 0.916. The summed E-state index contributed by atoms with van der Waals surface area (Å²) < 4.78 is 6.26. The predicted octanol–water partition coefficient (Wildman–Crippen LogP) is 4.29. The van der Waals surface area contributed by atoms with Crippen molar-refractivity contribution < 1.29 is 9.53 Å². The molecule has 1 aliphatic carbocycles. The lowest BCUT2D eigenvalue weighted by Crippen LogP contribution is -2.51. The van der Waals surface area contributed by atoms with E-state index >= 15 is 0 Å². The molecule has 0 aromatic heterocycles. The van der Waals surface area contributed by atoms with E-state index in [2.05, 4.69) is 5.32 Å². The van der Waals surface area contributed by atoms with E-state index in [0.717, 1.165) is 18.4 Å². The highest BCUT2D eigenvalue weighted by molar-refractivity contribution is 6.04. The summed E-state index contributed by atoms with van der Waals surface area (Å²) in [4.78, 5) is 13.1. The van der Waals surface area contributed by atoms with Crippen LogP contribution in [0.15, 0.2) is 54.6 Å². The molecule has 1 aliphatic heterocycles. The highest BCUT2D eigenvalue weighted by atomic mass is 16.5. The average Bonchev–Trinajstić information content (AvgIpc) is 2.65. The van der Waals surface area contributed by atoms with Gasteiger partial charge in [0.25, 0.3) is 0 Å². The van der Waals surface area contributed by atoms with E-state index in [1.165, 1.54) is 19.3 Å². The molecule has 0 bridgehead atoms. The summed E-state index contributed by atoms with van der Waals surface area (Å²) in [6.07, 6.45) is 5.81. The molecule has 3 heteroatoms. The molecule has 0 saturated heterocycles. The van der Waals surface area contributed by atoms with Crippen LogP contribution in [-0.4, -0.2) is 17.9 Å². The maximum atomic E-state index is 13.1. The van der Waals surface area contributed by atoms with Crippen molar-refractivity contribution in [2.45, 2.75) is 50.3 Å². The number of rotatable bonds is 3. The summed E-state index contributed by atoms with van der Waals surface area (Å²) >= 11 is 0. The zero-order valence-corrected chi connectivity index (χ0v) is 13.8. The first-order chi connectivity index (χ1) is 11.8. The van der Waals surface area contributed by atoms with Crippen LogP contribution < -0.4 is 10.1 Å². The number of Topliss-reactive ketones (excluding diaryl/α,β-unsaturated/α-hetero) is 1. The van der Waals surface area contributed by atoms with Gasteiger partial charge in [-0.25, -0.2) is 0 Å². The normalized spacial score (nSPS) is 24.2. The molecule has 3 nitrogen and oxygen atoms in total. The zero-order chi connectivity index (χ0) is 16.4. The van der Waals surface area contributed by atoms with Gasteiger partial charge in [-0.15, -0.1) is 0 Å². The number of ketones is 1. The summed E-state index contributed by atoms with van der Waals surface area (Å²) in [5.74, 6) is 0.842. The van der Waals surface area contributed by atoms with Gasteiger partial charge in [0.05, 0.1) is 5.56 Å². The Balaban J connectivity index is 1.67. The minimum atomic E-state index is -0.314. The van der Waals surface area contributed by atoms with Gasteiger partial charge in [0.1, 0.15) is 17.9 Å². The Morgan fingerprint density at radius 2 is 1.58 bits per heavy atom. The molecule has 1 saturated carbocycles. The number of ether oxygens (including phenoxy) is 1. The number of carbonyl (C=O) groups excluding carboxylic acids is 1. The van der Waals surface area contributed by atoms with Gasteiger partial charge in [-0.05, 0) is 30.5 Å². The third-order valence-electron chi connectivity index (χ3n) is 5.14. The lowest BCUT2D eigenvalue weighted by molar-refractivity contribution is 0.0702. The molecule has 2 unspecified atom stereocenters. The Hall–Kier alpha value is -2.13. The fourth-order valence-corrected chi connectivity index (χ4v) is 3.87. The lowest BCUT2D eigenvalue weighted by atomic mass is 9.88. The topological polar surface area (TPSA) is 38.3 Å². The minimum absolute atomic E-state index is 0.149. The van der Waals surface area contributed by atoms with E-state index < -0.39 is 0 Å². The van der Waals surface area contributed by atoms with Gasteiger partial charge < -0.3 is 10.1 Å². The molecule has 2 atom stereocenters. The summed E-state index contributed by atoms with van der Waals surface area (Å²) in [7, 11) is 0. The number of benzene rings is 2. The Labute approximate surface area is 143 Å². The first-order valence-electron chi connectivity index (χ1n) is 8.94. The van der Waals surface area contributed by atoms with Gasteiger partial charge in [-0.1, -0.05) is 61.7 Å². The number of hydrogen-bond donors (Lipinski definition) is 1. The van der Waals surface area contributed by atoms with Crippen LogP contribution in [0.4, 0.5) is 0 Å². The SMILES string of the molecule is O=C1c2ccccc2OC(c2ccccc2)C1NC1CCCCC1. The highest BCUT2D eigenvalue weighted by Crippen LogP contribution is 2.35. The molecule has 24 heavy (non-hydrogen) atoms. The average molecular weight is 321 g/mol. The van der Waals surface area contributed by atoms with Crippen LogP contribution in [0.5, 0.6) is 5.75 Å². The smallest absolute Gasteiger partial charge is 0.187 e. The number of fused-ring (bicyclic) bond motifs is 1. The van der Waals surface area contributed by atoms with Crippen LogP contribution in [-0.2, 0) is 0 Å². The van der Waals surface area contributed by atoms with Crippen molar-refractivity contribution in [2.75, 3.05) is 0 Å². The van der Waals surface area contributed by atoms with Crippen molar-refractivity contribution in [2.24, 2.45) is 0 Å². The van der Waals surface area contributed by atoms with Gasteiger partial charge in [0, 0.05) is 6.04 Å². The number of hydrogen-bond acceptors (Lipinski definition) is 3. The zero-order valence-electron chi connectivity index (χ0n) is 13.8. The van der Waals surface area contributed by atoms with E-state index in [9.17, 15) is 4.79 Å². The summed E-state index contributed by atoms with van der Waals surface area (Å²) in [6, 6.07) is 17.8. The maximum absolute atomic E-state index is 13.1. The van der Waals surface area contributed by atoms with Gasteiger partial charge in [-0.2, -0.15) is 0 Å². The second-order valence-electron chi connectivity index (χ2n) is 6.79. The first-order valence-corrected chi connectivity index (χ1v) is 8.94. The van der Waals surface area contributed by atoms with Crippen molar-refractivity contribution >= 4 is 5.78 Å². The van der Waals surface area contributed by atoms with Crippen LogP contribution in [0.25, 0.3) is 0 Å². The van der Waals surface area contributed by atoms with Crippen molar-refractivity contribution in [1.29, 1.82) is 0 Å². The standard InChI is InChI=1S/C21H23NO2/c23-20-17-13-7-8-14-18(17)24-21(15-9-3-1-4-10-15)19(20)22-16-11-5-2-6-12-16/h1,3-4,7-10,13-14,16,19,21-22H,2,5-6,11-12H2. The van der Waals surface area contributed by atoms with Gasteiger partial charge >= 0.3 is 0 Å². The molecule has 1 N–H and O–H groups in total. The second kappa shape index (κ2) is 6.78. The molecule has 2 aliphatic rings. The van der Waals surface area contributed by atoms with E-state index in [4.69, 9.17) is 4.74 Å². The molecule has 0 amide bonds. The molecule has 0 radical (unpaired) electrons. The number of para-hydroxylation sites is 1. The fraction of sp³-hybridized carbons (Fsp3) is 0.381. The van der Waals surface area contributed by atoms with Gasteiger partial charge in [0.2, 0.25) is 0 Å². The number of nitrogens with one attached hydrogen (secondary N) is 1. The molecule has 1 fully saturated rings. The van der Waals surface area contributed by atoms with Crippen LogP contribution in [0.1, 0.15) is 54.1 Å². The molecule has 2 aromatic rings. The molecular formula is C21H23NO2. The lowest BCUT2D eigenvalue weighted by Gasteiger charge is -2.36. The van der Waals surface area contributed by atoms with Crippen molar-refractivity contribution in [1.82, 2.24) is 5.32 Å². The Morgan fingerprint density at radius 1 is 0.875 bits per heavy atom. The summed E-state index contributed by atoms with van der Waals surface area (Å²) in [5, 5.41) is 3.62. The first kappa shape index (κ1) is 15.4. The third kappa shape index (κ3) is 2.96. The second-order valence-corrected chi connectivity index (χ2v) is 6.79. The Kier molecular flexibility index (Phi) is 4.35. The summed E-state index contributed by atoms with van der Waals surface area (Å²) in [5.41, 5.74) is 1.74. The monoisotopic (exact) mass is 321 g/mol. The maximum Gasteiger partial charge on any atom is 0.187 e. The predicted molar refractivity (Wildman–Crippen MR) is 94.4 cm³/mol. The van der Waals surface area contributed by atoms with Gasteiger partial charge in [0.15, 0.2) is 5.78 Å². The van der Waals surface area contributed by atoms with E-state index in [-0.39, 0.29) is 17.9 Å². The molecule has 2 aromatic carbocycles. The van der Waals surface area contributed by atoms with E-state index in [0.29, 0.717) is 17.4 Å². The van der Waals surface area contributed by atoms with Crippen molar-refractivity contribution in [3.63, 3.8) is 0 Å². The third-order valence-corrected chi connectivity index (χ3v) is 5.14. The molecule has 4 rings (SSSR count). The molecular weight excluding hydrogens is 298 g/mol. The Bertz CT molecular complexity index is 707. The Morgan fingerprint density at radius 3 is 2.38 bits per heavy atom. The number of carbonyl (C=O) groups is 1.